The van der Waals surface area contributed by atoms with Crippen LogP contribution in [0.5, 0.6) is 0 Å². The molecule has 50 valence electrons. The van der Waals surface area contributed by atoms with Crippen LogP contribution >= 0.6 is 7.60 Å². The van der Waals surface area contributed by atoms with E-state index in [0.29, 0.717) is 0 Å². The SMILES string of the molecule is CC(C)CP(=O)([O-])[O-]. The molecular formula is C4H9O3P-2. The summed E-state index contributed by atoms with van der Waals surface area (Å²) in [6, 6.07) is 0. The van der Waals surface area contributed by atoms with Crippen LogP contribution in [0.25, 0.3) is 0 Å². The second kappa shape index (κ2) is 2.62. The Morgan fingerprint density at radius 2 is 1.88 bits per heavy atom. The van der Waals surface area contributed by atoms with Gasteiger partial charge >= 0.3 is 0 Å². The highest BCUT2D eigenvalue weighted by Gasteiger charge is 1.94. The summed E-state index contributed by atoms with van der Waals surface area (Å²) in [7, 11) is -4.22. The van der Waals surface area contributed by atoms with E-state index in [9.17, 15) is 14.4 Å². The molecule has 0 aromatic rings. The first-order chi connectivity index (χ1) is 3.42. The minimum absolute atomic E-state index is 0.0455. The maximum absolute atomic E-state index is 9.91. The Kier molecular flexibility index (Phi) is 2.67. The molecule has 0 aliphatic heterocycles. The third-order valence-corrected chi connectivity index (χ3v) is 1.77. The summed E-state index contributed by atoms with van der Waals surface area (Å²) < 4.78 is 9.91. The largest absolute Gasteiger partial charge is 0.811 e. The Morgan fingerprint density at radius 1 is 1.50 bits per heavy atom. The molecule has 0 saturated heterocycles. The fourth-order valence-electron chi connectivity index (χ4n) is 0.447. The van der Waals surface area contributed by atoms with Gasteiger partial charge in [-0.3, -0.25) is 0 Å². The lowest BCUT2D eigenvalue weighted by molar-refractivity contribution is -0.314. The van der Waals surface area contributed by atoms with Crippen molar-refractivity contribution in [3.05, 3.63) is 0 Å². The van der Waals surface area contributed by atoms with E-state index in [4.69, 9.17) is 0 Å². The first-order valence-electron chi connectivity index (χ1n) is 2.43. The predicted molar refractivity (Wildman–Crippen MR) is 27.3 cm³/mol. The van der Waals surface area contributed by atoms with Gasteiger partial charge in [0.15, 0.2) is 0 Å². The molecule has 0 rings (SSSR count). The molecular weight excluding hydrogens is 127 g/mol. The first-order valence-corrected chi connectivity index (χ1v) is 4.15. The highest BCUT2D eigenvalue weighted by Crippen LogP contribution is 2.25. The summed E-state index contributed by atoms with van der Waals surface area (Å²) >= 11 is 0. The topological polar surface area (TPSA) is 63.2 Å². The van der Waals surface area contributed by atoms with Crippen LogP contribution in [0.15, 0.2) is 0 Å². The molecule has 0 bridgehead atoms. The quantitative estimate of drug-likeness (QED) is 0.483. The van der Waals surface area contributed by atoms with Crippen molar-refractivity contribution in [2.24, 2.45) is 5.92 Å². The van der Waals surface area contributed by atoms with Crippen molar-refractivity contribution in [3.63, 3.8) is 0 Å². The van der Waals surface area contributed by atoms with E-state index in [-0.39, 0.29) is 12.1 Å². The molecule has 4 heteroatoms. The van der Waals surface area contributed by atoms with Crippen molar-refractivity contribution in [1.82, 2.24) is 0 Å². The Bertz CT molecular complexity index is 104. The minimum atomic E-state index is -4.22. The van der Waals surface area contributed by atoms with Crippen LogP contribution in [0, 0.1) is 5.92 Å². The Labute approximate surface area is 48.9 Å². The van der Waals surface area contributed by atoms with Crippen LogP contribution < -0.4 is 9.79 Å². The Hall–Kier alpha value is 0.150. The third-order valence-electron chi connectivity index (χ3n) is 0.589. The maximum Gasteiger partial charge on any atom is -0.0227 e. The molecule has 0 aromatic heterocycles. The van der Waals surface area contributed by atoms with Gasteiger partial charge in [-0.2, -0.15) is 0 Å². The lowest BCUT2D eigenvalue weighted by Gasteiger charge is -2.30. The summed E-state index contributed by atoms with van der Waals surface area (Å²) in [5.41, 5.74) is 0. The molecule has 0 unspecified atom stereocenters. The highest BCUT2D eigenvalue weighted by molar-refractivity contribution is 7.48. The van der Waals surface area contributed by atoms with Gasteiger partial charge in [0.2, 0.25) is 0 Å². The van der Waals surface area contributed by atoms with Crippen molar-refractivity contribution in [2.75, 3.05) is 6.16 Å². The summed E-state index contributed by atoms with van der Waals surface area (Å²) in [6.07, 6.45) is -0.229. The summed E-state index contributed by atoms with van der Waals surface area (Å²) in [4.78, 5) is 19.8. The van der Waals surface area contributed by atoms with E-state index in [0.717, 1.165) is 0 Å². The van der Waals surface area contributed by atoms with Crippen LogP contribution in [0.4, 0.5) is 0 Å². The van der Waals surface area contributed by atoms with Crippen molar-refractivity contribution in [3.8, 4) is 0 Å². The molecule has 0 saturated carbocycles. The second-order valence-electron chi connectivity index (χ2n) is 2.19. The van der Waals surface area contributed by atoms with Crippen LogP contribution in [0.1, 0.15) is 13.8 Å². The van der Waals surface area contributed by atoms with E-state index < -0.39 is 7.60 Å². The molecule has 0 aliphatic carbocycles. The monoisotopic (exact) mass is 136 g/mol. The third kappa shape index (κ3) is 6.15. The average molecular weight is 136 g/mol. The average Bonchev–Trinajstić information content (AvgIpc) is 1.21. The lowest BCUT2D eigenvalue weighted by Crippen LogP contribution is -2.19. The van der Waals surface area contributed by atoms with Gasteiger partial charge < -0.3 is 14.4 Å². The molecule has 0 N–H and O–H groups in total. The number of hydrogen-bond acceptors (Lipinski definition) is 3. The van der Waals surface area contributed by atoms with E-state index in [1.54, 1.807) is 13.8 Å². The standard InChI is InChI=1S/C4H11O3P/c1-4(2)3-8(5,6)7/h4H,3H2,1-2H3,(H2,5,6,7)/p-2. The summed E-state index contributed by atoms with van der Waals surface area (Å²) in [6.45, 7) is 3.39. The Balaban J connectivity index is 3.56. The molecule has 0 aromatic carbocycles. The molecule has 0 spiro atoms. The molecule has 0 atom stereocenters. The van der Waals surface area contributed by atoms with Gasteiger partial charge in [0.1, 0.15) is 0 Å². The van der Waals surface area contributed by atoms with Crippen LogP contribution in [-0.4, -0.2) is 6.16 Å². The van der Waals surface area contributed by atoms with Crippen LogP contribution in [0.3, 0.4) is 0 Å². The van der Waals surface area contributed by atoms with Gasteiger partial charge in [0.05, 0.1) is 0 Å². The van der Waals surface area contributed by atoms with E-state index in [2.05, 4.69) is 0 Å². The molecule has 8 heavy (non-hydrogen) atoms. The summed E-state index contributed by atoms with van der Waals surface area (Å²) in [5, 5.41) is 0. The van der Waals surface area contributed by atoms with E-state index in [1.165, 1.54) is 0 Å². The molecule has 0 amide bonds. The molecule has 3 nitrogen and oxygen atoms in total. The number of rotatable bonds is 2. The maximum atomic E-state index is 9.91. The minimum Gasteiger partial charge on any atom is -0.811 e. The van der Waals surface area contributed by atoms with Crippen molar-refractivity contribution in [1.29, 1.82) is 0 Å². The smallest absolute Gasteiger partial charge is 0.0227 e. The second-order valence-corrected chi connectivity index (χ2v) is 3.77. The highest BCUT2D eigenvalue weighted by atomic mass is 31.2. The normalized spacial score (nSPS) is 12.6. The van der Waals surface area contributed by atoms with Gasteiger partial charge in [-0.05, 0) is 12.1 Å². The van der Waals surface area contributed by atoms with E-state index >= 15 is 0 Å². The van der Waals surface area contributed by atoms with Gasteiger partial charge in [0.25, 0.3) is 0 Å². The zero-order valence-electron chi connectivity index (χ0n) is 4.96. The summed E-state index contributed by atoms with van der Waals surface area (Å²) in [5.74, 6) is -0.0455. The van der Waals surface area contributed by atoms with E-state index in [1.807, 2.05) is 0 Å². The molecule has 0 heterocycles. The van der Waals surface area contributed by atoms with Crippen molar-refractivity contribution in [2.45, 2.75) is 13.8 Å². The fourth-order valence-corrected chi connectivity index (χ4v) is 1.34. The van der Waals surface area contributed by atoms with Crippen molar-refractivity contribution >= 4 is 7.60 Å². The number of hydrogen-bond donors (Lipinski definition) is 0. The van der Waals surface area contributed by atoms with Crippen molar-refractivity contribution < 1.29 is 14.4 Å². The van der Waals surface area contributed by atoms with Gasteiger partial charge in [-0.25, -0.2) is 0 Å². The fraction of sp³-hybridized carbons (Fsp3) is 1.00. The van der Waals surface area contributed by atoms with Gasteiger partial charge in [-0.1, -0.05) is 21.4 Å². The Morgan fingerprint density at radius 3 is 1.88 bits per heavy atom. The van der Waals surface area contributed by atoms with Crippen LogP contribution in [0.2, 0.25) is 0 Å². The van der Waals surface area contributed by atoms with Gasteiger partial charge in [-0.15, -0.1) is 0 Å². The van der Waals surface area contributed by atoms with Crippen LogP contribution in [-0.2, 0) is 4.57 Å². The van der Waals surface area contributed by atoms with Gasteiger partial charge in [0, 0.05) is 0 Å². The lowest BCUT2D eigenvalue weighted by atomic mass is 10.3. The molecule has 0 radical (unpaired) electrons. The molecule has 0 aliphatic rings. The first kappa shape index (κ1) is 8.15. The zero-order valence-corrected chi connectivity index (χ0v) is 5.85. The zero-order chi connectivity index (χ0) is 6.78. The molecule has 0 fully saturated rings. The predicted octanol–water partition coefficient (Wildman–Crippen LogP) is -0.444.